The maximum atomic E-state index is 12.8. The Balaban J connectivity index is 1.41. The molecule has 5 rings (SSSR count). The van der Waals surface area contributed by atoms with Crippen LogP contribution in [0.2, 0.25) is 0 Å². The highest BCUT2D eigenvalue weighted by Gasteiger charge is 2.22. The van der Waals surface area contributed by atoms with Crippen molar-refractivity contribution in [3.05, 3.63) is 70.5 Å². The highest BCUT2D eigenvalue weighted by Crippen LogP contribution is 2.31. The number of hydrogen-bond acceptors (Lipinski definition) is 7. The van der Waals surface area contributed by atoms with Gasteiger partial charge < -0.3 is 9.09 Å². The third-order valence-corrected chi connectivity index (χ3v) is 7.35. The summed E-state index contributed by atoms with van der Waals surface area (Å²) in [6.45, 7) is 1.60. The zero-order valence-corrected chi connectivity index (χ0v) is 18.9. The molecule has 4 aromatic rings. The summed E-state index contributed by atoms with van der Waals surface area (Å²) in [5.41, 5.74) is 2.56. The molecule has 170 valence electrons. The van der Waals surface area contributed by atoms with E-state index in [9.17, 15) is 13.2 Å². The van der Waals surface area contributed by atoms with E-state index in [0.717, 1.165) is 31.2 Å². The number of nitrogens with one attached hydrogen (secondary N) is 1. The van der Waals surface area contributed by atoms with E-state index in [4.69, 9.17) is 4.52 Å². The van der Waals surface area contributed by atoms with Gasteiger partial charge in [0.2, 0.25) is 21.7 Å². The first kappa shape index (κ1) is 21.5. The summed E-state index contributed by atoms with van der Waals surface area (Å²) in [6.07, 6.45) is 4.23. The number of rotatable bonds is 6. The van der Waals surface area contributed by atoms with E-state index in [0.29, 0.717) is 22.6 Å². The van der Waals surface area contributed by atoms with Crippen molar-refractivity contribution < 1.29 is 12.9 Å². The van der Waals surface area contributed by atoms with Gasteiger partial charge in [0.1, 0.15) is 5.69 Å². The Hall–Kier alpha value is -3.37. The summed E-state index contributed by atoms with van der Waals surface area (Å²) in [5, 5.41) is 3.99. The van der Waals surface area contributed by atoms with Crippen molar-refractivity contribution in [1.82, 2.24) is 24.4 Å². The van der Waals surface area contributed by atoms with E-state index in [-0.39, 0.29) is 28.9 Å². The van der Waals surface area contributed by atoms with E-state index in [1.165, 1.54) is 12.1 Å². The minimum Gasteiger partial charge on any atom is -0.338 e. The predicted octanol–water partition coefficient (Wildman–Crippen LogP) is 3.35. The maximum Gasteiger partial charge on any atom is 0.272 e. The van der Waals surface area contributed by atoms with Crippen molar-refractivity contribution in [2.75, 3.05) is 0 Å². The van der Waals surface area contributed by atoms with Crippen LogP contribution in [0, 0.1) is 6.92 Å². The van der Waals surface area contributed by atoms with Gasteiger partial charge in [-0.25, -0.2) is 18.1 Å². The van der Waals surface area contributed by atoms with Gasteiger partial charge in [-0.05, 0) is 50.1 Å². The number of sulfonamides is 1. The number of hydrogen-bond donors (Lipinski definition) is 1. The van der Waals surface area contributed by atoms with Crippen LogP contribution in [0.3, 0.4) is 0 Å². The Morgan fingerprint density at radius 2 is 1.85 bits per heavy atom. The first-order chi connectivity index (χ1) is 15.9. The highest BCUT2D eigenvalue weighted by molar-refractivity contribution is 7.89. The van der Waals surface area contributed by atoms with Gasteiger partial charge in [-0.1, -0.05) is 36.2 Å². The third kappa shape index (κ3) is 4.19. The van der Waals surface area contributed by atoms with E-state index in [1.807, 2.05) is 22.8 Å². The van der Waals surface area contributed by atoms with Crippen molar-refractivity contribution in [1.29, 1.82) is 0 Å². The van der Waals surface area contributed by atoms with E-state index in [2.05, 4.69) is 19.8 Å². The topological polar surface area (TPSA) is 120 Å². The molecule has 0 bridgehead atoms. The molecule has 2 aromatic heterocycles. The average molecular weight is 466 g/mol. The maximum absolute atomic E-state index is 12.8. The lowest BCUT2D eigenvalue weighted by Gasteiger charge is -2.17. The molecular formula is C23H23N5O4S. The van der Waals surface area contributed by atoms with E-state index < -0.39 is 10.0 Å². The molecule has 0 aliphatic heterocycles. The van der Waals surface area contributed by atoms with Crippen LogP contribution in [0.5, 0.6) is 0 Å². The van der Waals surface area contributed by atoms with Gasteiger partial charge in [-0.2, -0.15) is 4.98 Å². The van der Waals surface area contributed by atoms with Crippen molar-refractivity contribution in [3.8, 4) is 11.4 Å². The number of fused-ring (bicyclic) bond motifs is 1. The van der Waals surface area contributed by atoms with Crippen LogP contribution in [0.25, 0.3) is 22.4 Å². The van der Waals surface area contributed by atoms with Gasteiger partial charge in [0.05, 0.1) is 22.5 Å². The Morgan fingerprint density at radius 3 is 2.61 bits per heavy atom. The van der Waals surface area contributed by atoms with Gasteiger partial charge in [0.15, 0.2) is 0 Å². The molecule has 2 heterocycles. The molecular weight excluding hydrogens is 442 g/mol. The van der Waals surface area contributed by atoms with E-state index >= 15 is 0 Å². The number of aromatic nitrogens is 4. The average Bonchev–Trinajstić information content (AvgIpc) is 3.52. The molecule has 0 spiro atoms. The molecule has 0 unspecified atom stereocenters. The summed E-state index contributed by atoms with van der Waals surface area (Å²) in [4.78, 5) is 21.8. The second-order valence-electron chi connectivity index (χ2n) is 8.16. The zero-order valence-electron chi connectivity index (χ0n) is 18.1. The molecule has 0 atom stereocenters. The van der Waals surface area contributed by atoms with E-state index in [1.54, 1.807) is 25.1 Å². The molecule has 10 heteroatoms. The predicted molar refractivity (Wildman–Crippen MR) is 122 cm³/mol. The molecule has 1 fully saturated rings. The minimum absolute atomic E-state index is 0.0466. The number of benzene rings is 2. The SMILES string of the molecule is Cc1nc2cc(-c3noc(CNS(=O)(=O)c4ccccc4)n3)ccc2n(C2CCCC2)c1=O. The molecule has 0 radical (unpaired) electrons. The lowest BCUT2D eigenvalue weighted by Crippen LogP contribution is -2.26. The van der Waals surface area contributed by atoms with Crippen LogP contribution in [0.1, 0.15) is 43.3 Å². The quantitative estimate of drug-likeness (QED) is 0.464. The number of nitrogens with zero attached hydrogens (tertiary/aromatic N) is 4. The van der Waals surface area contributed by atoms with Gasteiger partial charge in [-0.15, -0.1) is 0 Å². The van der Waals surface area contributed by atoms with Crippen molar-refractivity contribution in [2.45, 2.75) is 50.1 Å². The summed E-state index contributed by atoms with van der Waals surface area (Å²) >= 11 is 0. The van der Waals surface area contributed by atoms with Crippen molar-refractivity contribution >= 4 is 21.1 Å². The molecule has 1 saturated carbocycles. The summed E-state index contributed by atoms with van der Waals surface area (Å²) in [7, 11) is -3.68. The fraction of sp³-hybridized carbons (Fsp3) is 0.304. The van der Waals surface area contributed by atoms with Gasteiger partial charge >= 0.3 is 0 Å². The monoisotopic (exact) mass is 465 g/mol. The molecule has 0 amide bonds. The second-order valence-corrected chi connectivity index (χ2v) is 9.93. The summed E-state index contributed by atoms with van der Waals surface area (Å²) in [6, 6.07) is 13.8. The van der Waals surface area contributed by atoms with Gasteiger partial charge in [-0.3, -0.25) is 4.79 Å². The normalized spacial score (nSPS) is 14.8. The lowest BCUT2D eigenvalue weighted by atomic mass is 10.1. The first-order valence-corrected chi connectivity index (χ1v) is 12.3. The molecule has 0 saturated heterocycles. The third-order valence-electron chi connectivity index (χ3n) is 5.93. The van der Waals surface area contributed by atoms with Crippen molar-refractivity contribution in [3.63, 3.8) is 0 Å². The highest BCUT2D eigenvalue weighted by atomic mass is 32.2. The first-order valence-electron chi connectivity index (χ1n) is 10.8. The molecule has 2 aromatic carbocycles. The van der Waals surface area contributed by atoms with Crippen LogP contribution >= 0.6 is 0 Å². The Labute approximate surface area is 190 Å². The fourth-order valence-electron chi connectivity index (χ4n) is 4.28. The lowest BCUT2D eigenvalue weighted by molar-refractivity contribution is 0.376. The summed E-state index contributed by atoms with van der Waals surface area (Å²) < 4.78 is 34.4. The summed E-state index contributed by atoms with van der Waals surface area (Å²) in [5.74, 6) is 0.466. The molecule has 1 aliphatic carbocycles. The van der Waals surface area contributed by atoms with Gasteiger partial charge in [0.25, 0.3) is 5.56 Å². The minimum atomic E-state index is -3.68. The van der Waals surface area contributed by atoms with Crippen LogP contribution in [-0.4, -0.2) is 28.1 Å². The molecule has 33 heavy (non-hydrogen) atoms. The Morgan fingerprint density at radius 1 is 1.09 bits per heavy atom. The Bertz CT molecular complexity index is 1470. The van der Waals surface area contributed by atoms with Crippen molar-refractivity contribution in [2.24, 2.45) is 0 Å². The number of aryl methyl sites for hydroxylation is 1. The molecule has 1 aliphatic rings. The van der Waals surface area contributed by atoms with Crippen LogP contribution < -0.4 is 10.3 Å². The molecule has 9 nitrogen and oxygen atoms in total. The molecule has 1 N–H and O–H groups in total. The largest absolute Gasteiger partial charge is 0.338 e. The van der Waals surface area contributed by atoms with Crippen LogP contribution in [0.15, 0.2) is 62.7 Å². The zero-order chi connectivity index (χ0) is 23.0. The van der Waals surface area contributed by atoms with Crippen LogP contribution in [-0.2, 0) is 16.6 Å². The standard InChI is InChI=1S/C23H23N5O4S/c1-15-23(29)28(17-7-5-6-8-17)20-12-11-16(13-19(20)25-15)22-26-21(32-27-22)14-24-33(30,31)18-9-3-2-4-10-18/h2-4,9-13,17,24H,5-8,14H2,1H3. The van der Waals surface area contributed by atoms with Gasteiger partial charge in [0, 0.05) is 11.6 Å². The van der Waals surface area contributed by atoms with Crippen LogP contribution in [0.4, 0.5) is 0 Å². The smallest absolute Gasteiger partial charge is 0.272 e. The fourth-order valence-corrected chi connectivity index (χ4v) is 5.27. The Kier molecular flexibility index (Phi) is 5.55. The second kappa shape index (κ2) is 8.53.